The molecule has 49 heavy (non-hydrogen) atoms. The van der Waals surface area contributed by atoms with E-state index in [2.05, 4.69) is 20.6 Å². The van der Waals surface area contributed by atoms with Crippen LogP contribution in [0.15, 0.2) is 76.2 Å². The summed E-state index contributed by atoms with van der Waals surface area (Å²) < 4.78 is 67.0. The number of alkyl halides is 3. The number of carbonyl (C=O) groups excluding carboxylic acids is 3. The number of nitrogens with one attached hydrogen (secondary N) is 2. The molecule has 252 valence electrons. The standard InChI is InChI=1S/C32H26F3N7O7/c1-4-46-19-11-10-16(14-36)12-20(19)49-31-40-28-25(39-22(43)15-38-28)29(41-31)48-21-13-18(32(33,34)35)23(27(37)44)24(30(45)42(2)3)26(21)47-17-8-6-5-7-9-17/h5-13H,4,15H2,1-3H3,(H2,37,44)(H,39,43)(H,38,40,41). The highest BCUT2D eigenvalue weighted by atomic mass is 19.4. The van der Waals surface area contributed by atoms with E-state index in [0.29, 0.717) is 6.07 Å². The first-order valence-electron chi connectivity index (χ1n) is 14.3. The minimum Gasteiger partial charge on any atom is -0.490 e. The van der Waals surface area contributed by atoms with Crippen LogP contribution in [0, 0.1) is 11.3 Å². The third-order valence-corrected chi connectivity index (χ3v) is 6.69. The van der Waals surface area contributed by atoms with Gasteiger partial charge in [0.2, 0.25) is 11.8 Å². The number of nitrogens with two attached hydrogens (primary N) is 1. The first kappa shape index (κ1) is 33.8. The molecule has 2 aliphatic heterocycles. The largest absolute Gasteiger partial charge is 0.490 e. The predicted molar refractivity (Wildman–Crippen MR) is 166 cm³/mol. The summed E-state index contributed by atoms with van der Waals surface area (Å²) in [6.07, 6.45) is -5.22. The average Bonchev–Trinajstić information content (AvgIpc) is 3.05. The summed E-state index contributed by atoms with van der Waals surface area (Å²) in [5.74, 6) is -4.86. The number of hydrogen-bond donors (Lipinski definition) is 3. The van der Waals surface area contributed by atoms with Crippen LogP contribution < -0.4 is 35.3 Å². The van der Waals surface area contributed by atoms with Gasteiger partial charge >= 0.3 is 12.2 Å². The molecule has 0 aliphatic carbocycles. The summed E-state index contributed by atoms with van der Waals surface area (Å²) in [7, 11) is 2.51. The van der Waals surface area contributed by atoms with Crippen LogP contribution in [0.5, 0.6) is 28.7 Å². The van der Waals surface area contributed by atoms with E-state index >= 15 is 0 Å². The summed E-state index contributed by atoms with van der Waals surface area (Å²) in [4.78, 5) is 47.8. The number of aliphatic imine (C=N–C) groups is 2. The lowest BCUT2D eigenvalue weighted by molar-refractivity contribution is -0.138. The van der Waals surface area contributed by atoms with Crippen molar-refractivity contribution in [3.63, 3.8) is 0 Å². The SMILES string of the molecule is CCOc1ccc(C#N)cc1OC1=NC(Oc2cc(C(F)(F)F)c(C(N)=O)c(C(=O)N(C)C)c2Oc2ccccc2)=C2NC(=O)CN=C2N1. The van der Waals surface area contributed by atoms with Crippen LogP contribution in [0.4, 0.5) is 13.2 Å². The second-order valence-corrected chi connectivity index (χ2v) is 10.3. The lowest BCUT2D eigenvalue weighted by Crippen LogP contribution is -2.48. The summed E-state index contributed by atoms with van der Waals surface area (Å²) >= 11 is 0. The Morgan fingerprint density at radius 2 is 1.73 bits per heavy atom. The van der Waals surface area contributed by atoms with Crippen molar-refractivity contribution in [2.75, 3.05) is 27.2 Å². The normalized spacial score (nSPS) is 13.9. The lowest BCUT2D eigenvalue weighted by Gasteiger charge is -2.26. The van der Waals surface area contributed by atoms with E-state index in [1.165, 1.54) is 44.4 Å². The van der Waals surface area contributed by atoms with Crippen LogP contribution in [0.2, 0.25) is 0 Å². The Balaban J connectivity index is 1.74. The van der Waals surface area contributed by atoms with E-state index in [-0.39, 0.29) is 53.5 Å². The van der Waals surface area contributed by atoms with Gasteiger partial charge in [0, 0.05) is 20.2 Å². The Morgan fingerprint density at radius 3 is 2.37 bits per heavy atom. The third-order valence-electron chi connectivity index (χ3n) is 6.69. The molecule has 0 radical (unpaired) electrons. The van der Waals surface area contributed by atoms with Gasteiger partial charge in [-0.3, -0.25) is 24.7 Å². The Labute approximate surface area is 276 Å². The molecule has 5 rings (SSSR count). The smallest absolute Gasteiger partial charge is 0.417 e. The zero-order chi connectivity index (χ0) is 35.5. The van der Waals surface area contributed by atoms with Gasteiger partial charge in [-0.05, 0) is 37.3 Å². The van der Waals surface area contributed by atoms with E-state index in [1.807, 2.05) is 6.07 Å². The van der Waals surface area contributed by atoms with Crippen molar-refractivity contribution in [1.29, 1.82) is 5.26 Å². The molecule has 0 unspecified atom stereocenters. The fourth-order valence-electron chi connectivity index (χ4n) is 4.60. The van der Waals surface area contributed by atoms with Gasteiger partial charge in [0.25, 0.3) is 11.8 Å². The van der Waals surface area contributed by atoms with Crippen LogP contribution in [-0.4, -0.2) is 61.7 Å². The molecule has 0 aromatic heterocycles. The van der Waals surface area contributed by atoms with Crippen LogP contribution >= 0.6 is 0 Å². The van der Waals surface area contributed by atoms with E-state index in [9.17, 15) is 32.8 Å². The molecule has 0 atom stereocenters. The Hall–Kier alpha value is -6.57. The summed E-state index contributed by atoms with van der Waals surface area (Å²) in [5, 5.41) is 14.7. The number of hydrogen-bond acceptors (Lipinski definition) is 11. The second kappa shape index (κ2) is 13.7. The Morgan fingerprint density at radius 1 is 1.00 bits per heavy atom. The van der Waals surface area contributed by atoms with Crippen molar-refractivity contribution in [2.45, 2.75) is 13.1 Å². The molecule has 3 aromatic rings. The number of nitrogens with zero attached hydrogens (tertiary/aromatic N) is 4. The molecule has 0 saturated carbocycles. The number of rotatable bonds is 9. The van der Waals surface area contributed by atoms with Gasteiger partial charge in [-0.15, -0.1) is 0 Å². The van der Waals surface area contributed by atoms with Crippen LogP contribution in [0.1, 0.15) is 38.8 Å². The number of para-hydroxylation sites is 1. The van der Waals surface area contributed by atoms with E-state index in [0.717, 1.165) is 4.90 Å². The number of amidine groups is 2. The summed E-state index contributed by atoms with van der Waals surface area (Å²) in [6, 6.07) is 14.1. The molecule has 2 aliphatic rings. The molecule has 14 nitrogen and oxygen atoms in total. The van der Waals surface area contributed by atoms with Crippen molar-refractivity contribution in [2.24, 2.45) is 15.7 Å². The topological polar surface area (TPSA) is 190 Å². The highest BCUT2D eigenvalue weighted by Gasteiger charge is 2.42. The van der Waals surface area contributed by atoms with Crippen molar-refractivity contribution in [1.82, 2.24) is 15.5 Å². The average molecular weight is 678 g/mol. The van der Waals surface area contributed by atoms with Gasteiger partial charge in [-0.2, -0.15) is 23.4 Å². The van der Waals surface area contributed by atoms with Gasteiger partial charge in [0.15, 0.2) is 28.8 Å². The maximum Gasteiger partial charge on any atom is 0.417 e. The zero-order valence-corrected chi connectivity index (χ0v) is 26.0. The van der Waals surface area contributed by atoms with Gasteiger partial charge in [-0.25, -0.2) is 0 Å². The van der Waals surface area contributed by atoms with Crippen LogP contribution in [0.3, 0.4) is 0 Å². The van der Waals surface area contributed by atoms with E-state index in [4.69, 9.17) is 24.7 Å². The minimum atomic E-state index is -5.22. The maximum atomic E-state index is 14.5. The minimum absolute atomic E-state index is 0.0347. The number of carbonyl (C=O) groups is 3. The van der Waals surface area contributed by atoms with Crippen molar-refractivity contribution < 1.29 is 46.5 Å². The van der Waals surface area contributed by atoms with Gasteiger partial charge in [0.05, 0.1) is 34.9 Å². The molecule has 3 aromatic carbocycles. The molecule has 0 bridgehead atoms. The van der Waals surface area contributed by atoms with Gasteiger partial charge in [-0.1, -0.05) is 18.2 Å². The number of fused-ring (bicyclic) bond motifs is 1. The van der Waals surface area contributed by atoms with Gasteiger partial charge in [0.1, 0.15) is 18.0 Å². The number of amides is 3. The molecule has 2 heterocycles. The van der Waals surface area contributed by atoms with Crippen molar-refractivity contribution in [3.05, 3.63) is 88.4 Å². The first-order valence-corrected chi connectivity index (χ1v) is 14.3. The summed E-state index contributed by atoms with van der Waals surface area (Å²) in [6.45, 7) is 1.62. The molecule has 0 saturated heterocycles. The molecule has 0 spiro atoms. The molecule has 3 amide bonds. The quantitative estimate of drug-likeness (QED) is 0.303. The molecule has 4 N–H and O–H groups in total. The Kier molecular flexibility index (Phi) is 9.41. The highest BCUT2D eigenvalue weighted by molar-refractivity contribution is 6.14. The molecule has 17 heteroatoms. The first-order chi connectivity index (χ1) is 23.3. The highest BCUT2D eigenvalue weighted by Crippen LogP contribution is 2.45. The lowest BCUT2D eigenvalue weighted by atomic mass is 9.96. The van der Waals surface area contributed by atoms with Gasteiger partial charge < -0.3 is 34.9 Å². The van der Waals surface area contributed by atoms with E-state index in [1.54, 1.807) is 25.1 Å². The van der Waals surface area contributed by atoms with Crippen LogP contribution in [-0.2, 0) is 11.0 Å². The molecular weight excluding hydrogens is 651 g/mol. The van der Waals surface area contributed by atoms with Crippen LogP contribution in [0.25, 0.3) is 0 Å². The number of halogens is 3. The number of primary amides is 1. The summed E-state index contributed by atoms with van der Waals surface area (Å²) in [5.41, 5.74) is 1.85. The van der Waals surface area contributed by atoms with Crippen molar-refractivity contribution in [3.8, 4) is 34.8 Å². The number of nitriles is 1. The molecule has 0 fully saturated rings. The fourth-order valence-corrected chi connectivity index (χ4v) is 4.60. The second-order valence-electron chi connectivity index (χ2n) is 10.3. The number of ether oxygens (including phenoxy) is 4. The predicted octanol–water partition coefficient (Wildman–Crippen LogP) is 3.68. The van der Waals surface area contributed by atoms with Crippen molar-refractivity contribution >= 4 is 29.6 Å². The fraction of sp³-hybridized carbons (Fsp3) is 0.188. The third kappa shape index (κ3) is 7.22. The maximum absolute atomic E-state index is 14.5. The Bertz CT molecular complexity index is 1980. The number of benzene rings is 3. The van der Waals surface area contributed by atoms with E-state index < -0.39 is 58.0 Å². The monoisotopic (exact) mass is 677 g/mol. The molecular formula is C32H26F3N7O7. The zero-order valence-electron chi connectivity index (χ0n) is 26.0.